The van der Waals surface area contributed by atoms with Gasteiger partial charge in [0.1, 0.15) is 11.8 Å². The van der Waals surface area contributed by atoms with E-state index in [1.807, 2.05) is 12.1 Å². The third-order valence-corrected chi connectivity index (χ3v) is 4.16. The highest BCUT2D eigenvalue weighted by Gasteiger charge is 2.70. The van der Waals surface area contributed by atoms with Crippen molar-refractivity contribution in [3.05, 3.63) is 24.0 Å². The third kappa shape index (κ3) is 1.64. The molecule has 3 nitrogen and oxygen atoms in total. The molecule has 1 spiro atoms. The molecule has 1 aliphatic heterocycles. The SMILES string of the molecule is N#Cc1ccc(N2CCC3(CC2)CC3(F)F)cn1. The van der Waals surface area contributed by atoms with Crippen LogP contribution in [0.2, 0.25) is 0 Å². The second kappa shape index (κ2) is 3.64. The molecule has 0 amide bonds. The molecule has 0 aromatic carbocycles. The van der Waals surface area contributed by atoms with Crippen molar-refractivity contribution >= 4 is 5.69 Å². The zero-order valence-corrected chi connectivity index (χ0v) is 9.87. The van der Waals surface area contributed by atoms with Crippen molar-refractivity contribution in [3.63, 3.8) is 0 Å². The van der Waals surface area contributed by atoms with Crippen molar-refractivity contribution in [2.24, 2.45) is 5.41 Å². The van der Waals surface area contributed by atoms with Gasteiger partial charge in [-0.2, -0.15) is 5.26 Å². The first kappa shape index (κ1) is 11.4. The van der Waals surface area contributed by atoms with E-state index in [0.29, 0.717) is 31.6 Å². The van der Waals surface area contributed by atoms with E-state index < -0.39 is 11.3 Å². The van der Waals surface area contributed by atoms with Crippen molar-refractivity contribution in [2.75, 3.05) is 18.0 Å². The first-order chi connectivity index (χ1) is 8.56. The molecule has 2 aliphatic rings. The summed E-state index contributed by atoms with van der Waals surface area (Å²) in [6.07, 6.45) is 2.78. The fourth-order valence-electron chi connectivity index (χ4n) is 2.76. The van der Waals surface area contributed by atoms with Gasteiger partial charge in [-0.15, -0.1) is 0 Å². The summed E-state index contributed by atoms with van der Waals surface area (Å²) < 4.78 is 26.5. The van der Waals surface area contributed by atoms with E-state index in [-0.39, 0.29) is 6.42 Å². The molecular weight excluding hydrogens is 236 g/mol. The van der Waals surface area contributed by atoms with Crippen LogP contribution in [0.1, 0.15) is 25.0 Å². The number of anilines is 1. The summed E-state index contributed by atoms with van der Waals surface area (Å²) in [5.41, 5.74) is 0.567. The van der Waals surface area contributed by atoms with Crippen LogP contribution in [0.15, 0.2) is 18.3 Å². The van der Waals surface area contributed by atoms with Gasteiger partial charge in [0.15, 0.2) is 0 Å². The van der Waals surface area contributed by atoms with Gasteiger partial charge in [-0.25, -0.2) is 13.8 Å². The van der Waals surface area contributed by atoms with E-state index in [0.717, 1.165) is 5.69 Å². The first-order valence-electron chi connectivity index (χ1n) is 6.05. The van der Waals surface area contributed by atoms with Crippen LogP contribution in [0.5, 0.6) is 0 Å². The molecule has 94 valence electrons. The normalized spacial score (nSPS) is 23.7. The molecule has 2 fully saturated rings. The molecule has 1 saturated heterocycles. The minimum atomic E-state index is -2.44. The Labute approximate surface area is 104 Å². The zero-order valence-electron chi connectivity index (χ0n) is 9.87. The Kier molecular flexibility index (Phi) is 2.31. The highest BCUT2D eigenvalue weighted by molar-refractivity contribution is 5.46. The number of hydrogen-bond donors (Lipinski definition) is 0. The van der Waals surface area contributed by atoms with Crippen molar-refractivity contribution in [2.45, 2.75) is 25.2 Å². The van der Waals surface area contributed by atoms with Crippen molar-refractivity contribution in [1.29, 1.82) is 5.26 Å². The number of pyridine rings is 1. The van der Waals surface area contributed by atoms with Crippen LogP contribution in [0.25, 0.3) is 0 Å². The maximum absolute atomic E-state index is 13.2. The fraction of sp³-hybridized carbons (Fsp3) is 0.538. The fourth-order valence-corrected chi connectivity index (χ4v) is 2.76. The lowest BCUT2D eigenvalue weighted by atomic mass is 9.92. The Morgan fingerprint density at radius 2 is 1.94 bits per heavy atom. The first-order valence-corrected chi connectivity index (χ1v) is 6.05. The Morgan fingerprint density at radius 1 is 1.28 bits per heavy atom. The Morgan fingerprint density at radius 3 is 2.39 bits per heavy atom. The summed E-state index contributed by atoms with van der Waals surface area (Å²) >= 11 is 0. The number of halogens is 2. The van der Waals surface area contributed by atoms with E-state index in [1.165, 1.54) is 0 Å². The van der Waals surface area contributed by atoms with Crippen LogP contribution < -0.4 is 4.90 Å². The molecule has 0 N–H and O–H groups in total. The molecule has 1 aromatic heterocycles. The highest BCUT2D eigenvalue weighted by Crippen LogP contribution is 2.65. The predicted octanol–water partition coefficient (Wildman–Crippen LogP) is 2.58. The van der Waals surface area contributed by atoms with Crippen molar-refractivity contribution < 1.29 is 8.78 Å². The van der Waals surface area contributed by atoms with E-state index in [4.69, 9.17) is 5.26 Å². The average Bonchev–Trinajstić information content (AvgIpc) is 2.91. The topological polar surface area (TPSA) is 39.9 Å². The van der Waals surface area contributed by atoms with Gasteiger partial charge in [0.2, 0.25) is 0 Å². The second-order valence-electron chi connectivity index (χ2n) is 5.16. The highest BCUT2D eigenvalue weighted by atomic mass is 19.3. The number of nitrogens with zero attached hydrogens (tertiary/aromatic N) is 3. The lowest BCUT2D eigenvalue weighted by molar-refractivity contribution is 0.0537. The lowest BCUT2D eigenvalue weighted by Crippen LogP contribution is -2.36. The molecule has 1 aliphatic carbocycles. The summed E-state index contributed by atoms with van der Waals surface area (Å²) in [5.74, 6) is -2.44. The molecule has 18 heavy (non-hydrogen) atoms. The number of aromatic nitrogens is 1. The molecule has 0 atom stereocenters. The summed E-state index contributed by atoms with van der Waals surface area (Å²) in [6.45, 7) is 1.28. The van der Waals surface area contributed by atoms with Crippen LogP contribution >= 0.6 is 0 Å². The van der Waals surface area contributed by atoms with E-state index in [1.54, 1.807) is 12.3 Å². The standard InChI is InChI=1S/C13H13F2N3/c14-13(15)9-12(13)3-5-18(6-4-12)11-2-1-10(7-16)17-8-11/h1-2,8H,3-6,9H2. The quantitative estimate of drug-likeness (QED) is 0.768. The van der Waals surface area contributed by atoms with Gasteiger partial charge < -0.3 is 4.90 Å². The minimum absolute atomic E-state index is 0.0550. The van der Waals surface area contributed by atoms with Crippen LogP contribution in [-0.4, -0.2) is 24.0 Å². The number of hydrogen-bond acceptors (Lipinski definition) is 3. The van der Waals surface area contributed by atoms with Gasteiger partial charge in [0.05, 0.1) is 11.9 Å². The molecule has 0 unspecified atom stereocenters. The third-order valence-electron chi connectivity index (χ3n) is 4.16. The number of piperidine rings is 1. The summed E-state index contributed by atoms with van der Waals surface area (Å²) in [4.78, 5) is 6.07. The van der Waals surface area contributed by atoms with Crippen LogP contribution in [0.4, 0.5) is 14.5 Å². The number of alkyl halides is 2. The maximum atomic E-state index is 13.2. The van der Waals surface area contributed by atoms with Gasteiger partial charge in [-0.1, -0.05) is 0 Å². The maximum Gasteiger partial charge on any atom is 0.254 e. The van der Waals surface area contributed by atoms with Gasteiger partial charge in [0.25, 0.3) is 5.92 Å². The van der Waals surface area contributed by atoms with Gasteiger partial charge >= 0.3 is 0 Å². The Balaban J connectivity index is 1.68. The van der Waals surface area contributed by atoms with Crippen LogP contribution in [0, 0.1) is 16.7 Å². The van der Waals surface area contributed by atoms with E-state index in [9.17, 15) is 8.78 Å². The van der Waals surface area contributed by atoms with Gasteiger partial charge in [0, 0.05) is 24.9 Å². The van der Waals surface area contributed by atoms with Gasteiger partial charge in [-0.3, -0.25) is 0 Å². The zero-order chi connectivity index (χ0) is 12.8. The monoisotopic (exact) mass is 249 g/mol. The minimum Gasteiger partial charge on any atom is -0.370 e. The molecule has 0 radical (unpaired) electrons. The van der Waals surface area contributed by atoms with E-state index in [2.05, 4.69) is 9.88 Å². The molecule has 3 rings (SSSR count). The molecule has 0 bridgehead atoms. The Hall–Kier alpha value is -1.70. The largest absolute Gasteiger partial charge is 0.370 e. The van der Waals surface area contributed by atoms with Crippen LogP contribution in [0.3, 0.4) is 0 Å². The molecule has 5 heteroatoms. The molecule has 2 heterocycles. The smallest absolute Gasteiger partial charge is 0.254 e. The second-order valence-corrected chi connectivity index (χ2v) is 5.16. The summed E-state index contributed by atoms with van der Waals surface area (Å²) in [7, 11) is 0. The molecule has 1 saturated carbocycles. The van der Waals surface area contributed by atoms with Crippen molar-refractivity contribution in [3.8, 4) is 6.07 Å². The van der Waals surface area contributed by atoms with Crippen molar-refractivity contribution in [1.82, 2.24) is 4.98 Å². The number of nitriles is 1. The molecular formula is C13H13F2N3. The summed E-state index contributed by atoms with van der Waals surface area (Å²) in [6, 6.07) is 5.45. The summed E-state index contributed by atoms with van der Waals surface area (Å²) in [5, 5.41) is 8.66. The predicted molar refractivity (Wildman–Crippen MR) is 62.4 cm³/mol. The Bertz CT molecular complexity index is 496. The van der Waals surface area contributed by atoms with Crippen LogP contribution in [-0.2, 0) is 0 Å². The number of rotatable bonds is 1. The van der Waals surface area contributed by atoms with Gasteiger partial charge in [-0.05, 0) is 25.0 Å². The average molecular weight is 249 g/mol. The molecule has 1 aromatic rings. The lowest BCUT2D eigenvalue weighted by Gasteiger charge is -2.33. The van der Waals surface area contributed by atoms with E-state index >= 15 is 0 Å².